The summed E-state index contributed by atoms with van der Waals surface area (Å²) >= 11 is 0. The number of carbonyl (C=O) groups is 2. The van der Waals surface area contributed by atoms with Crippen molar-refractivity contribution in [2.75, 3.05) is 19.4 Å². The minimum atomic E-state index is -0.529. The van der Waals surface area contributed by atoms with E-state index in [1.54, 1.807) is 32.3 Å². The monoisotopic (exact) mass is 291 g/mol. The number of anilines is 1. The van der Waals surface area contributed by atoms with Crippen molar-refractivity contribution in [1.82, 2.24) is 4.90 Å². The number of amides is 2. The van der Waals surface area contributed by atoms with E-state index in [1.165, 1.54) is 4.90 Å². The third-order valence-corrected chi connectivity index (χ3v) is 3.69. The van der Waals surface area contributed by atoms with Crippen LogP contribution < -0.4 is 11.1 Å². The topological polar surface area (TPSA) is 75.4 Å². The Labute approximate surface area is 126 Å². The minimum Gasteiger partial charge on any atom is -0.345 e. The average Bonchev–Trinajstić information content (AvgIpc) is 2.44. The third kappa shape index (κ3) is 4.29. The van der Waals surface area contributed by atoms with Gasteiger partial charge in [0.05, 0.1) is 6.04 Å². The molecule has 0 spiro atoms. The van der Waals surface area contributed by atoms with Crippen molar-refractivity contribution in [3.8, 4) is 0 Å². The summed E-state index contributed by atoms with van der Waals surface area (Å²) in [7, 11) is 3.42. The molecule has 1 aromatic rings. The van der Waals surface area contributed by atoms with E-state index in [9.17, 15) is 9.59 Å². The number of nitrogens with one attached hydrogen (secondary N) is 1. The molecule has 0 aliphatic carbocycles. The summed E-state index contributed by atoms with van der Waals surface area (Å²) in [5.41, 5.74) is 8.01. The van der Waals surface area contributed by atoms with Gasteiger partial charge in [-0.05, 0) is 36.6 Å². The molecule has 2 atom stereocenters. The van der Waals surface area contributed by atoms with E-state index >= 15 is 0 Å². The van der Waals surface area contributed by atoms with Crippen LogP contribution in [0.2, 0.25) is 0 Å². The fourth-order valence-corrected chi connectivity index (χ4v) is 1.96. The number of hydrogen-bond donors (Lipinski definition) is 2. The lowest BCUT2D eigenvalue weighted by atomic mass is 9.99. The van der Waals surface area contributed by atoms with Crippen LogP contribution in [0.25, 0.3) is 0 Å². The lowest BCUT2D eigenvalue weighted by Crippen LogP contribution is -2.40. The Bertz CT molecular complexity index is 526. The lowest BCUT2D eigenvalue weighted by molar-refractivity contribution is -0.118. The van der Waals surface area contributed by atoms with Crippen LogP contribution in [-0.2, 0) is 4.79 Å². The van der Waals surface area contributed by atoms with Crippen LogP contribution in [0.1, 0.15) is 36.2 Å². The SMILES string of the molecule is CCC(C)C(N)C(=O)Nc1ccc(C(=O)N(C)C)c(C)c1. The molecule has 0 saturated carbocycles. The Hall–Kier alpha value is -1.88. The molecular weight excluding hydrogens is 266 g/mol. The highest BCUT2D eigenvalue weighted by Gasteiger charge is 2.20. The highest BCUT2D eigenvalue weighted by atomic mass is 16.2. The van der Waals surface area contributed by atoms with Gasteiger partial charge in [0.1, 0.15) is 0 Å². The number of rotatable bonds is 5. The van der Waals surface area contributed by atoms with Crippen molar-refractivity contribution in [1.29, 1.82) is 0 Å². The fraction of sp³-hybridized carbons (Fsp3) is 0.500. The molecule has 2 amide bonds. The Kier molecular flexibility index (Phi) is 5.90. The molecule has 0 heterocycles. The maximum Gasteiger partial charge on any atom is 0.253 e. The van der Waals surface area contributed by atoms with Crippen LogP contribution in [-0.4, -0.2) is 36.9 Å². The first kappa shape index (κ1) is 17.2. The van der Waals surface area contributed by atoms with Crippen molar-refractivity contribution in [2.24, 2.45) is 11.7 Å². The number of nitrogens with two attached hydrogens (primary N) is 1. The summed E-state index contributed by atoms with van der Waals surface area (Å²) in [5, 5.41) is 2.80. The molecular formula is C16H25N3O2. The van der Waals surface area contributed by atoms with Crippen molar-refractivity contribution < 1.29 is 9.59 Å². The van der Waals surface area contributed by atoms with E-state index in [0.29, 0.717) is 11.3 Å². The number of aryl methyl sites for hydroxylation is 1. The summed E-state index contributed by atoms with van der Waals surface area (Å²) in [4.78, 5) is 25.5. The highest BCUT2D eigenvalue weighted by molar-refractivity contribution is 5.98. The molecule has 0 bridgehead atoms. The second kappa shape index (κ2) is 7.22. The maximum absolute atomic E-state index is 12.0. The first-order valence-electron chi connectivity index (χ1n) is 7.16. The zero-order valence-corrected chi connectivity index (χ0v) is 13.4. The van der Waals surface area contributed by atoms with Crippen molar-refractivity contribution in [2.45, 2.75) is 33.2 Å². The summed E-state index contributed by atoms with van der Waals surface area (Å²) in [5.74, 6) is -0.127. The van der Waals surface area contributed by atoms with Gasteiger partial charge in [0.15, 0.2) is 0 Å². The molecule has 5 nitrogen and oxygen atoms in total. The molecule has 2 unspecified atom stereocenters. The minimum absolute atomic E-state index is 0.0540. The van der Waals surface area contributed by atoms with Crippen LogP contribution in [0.15, 0.2) is 18.2 Å². The molecule has 0 saturated heterocycles. The van der Waals surface area contributed by atoms with Gasteiger partial charge >= 0.3 is 0 Å². The van der Waals surface area contributed by atoms with Gasteiger partial charge < -0.3 is 16.0 Å². The van der Waals surface area contributed by atoms with E-state index in [4.69, 9.17) is 5.73 Å². The fourth-order valence-electron chi connectivity index (χ4n) is 1.96. The normalized spacial score (nSPS) is 13.4. The molecule has 0 aliphatic heterocycles. The van der Waals surface area contributed by atoms with Gasteiger partial charge in [-0.25, -0.2) is 0 Å². The largest absolute Gasteiger partial charge is 0.345 e. The Morgan fingerprint density at radius 2 is 1.95 bits per heavy atom. The van der Waals surface area contributed by atoms with Gasteiger partial charge in [0.2, 0.25) is 5.91 Å². The molecule has 116 valence electrons. The molecule has 5 heteroatoms. The standard InChI is InChI=1S/C16H25N3O2/c1-6-10(2)14(17)15(20)18-12-7-8-13(11(3)9-12)16(21)19(4)5/h7-10,14H,6,17H2,1-5H3,(H,18,20). The van der Waals surface area contributed by atoms with Gasteiger partial charge in [0, 0.05) is 25.3 Å². The zero-order valence-electron chi connectivity index (χ0n) is 13.4. The van der Waals surface area contributed by atoms with E-state index in [0.717, 1.165) is 12.0 Å². The maximum atomic E-state index is 12.0. The molecule has 21 heavy (non-hydrogen) atoms. The Morgan fingerprint density at radius 1 is 1.33 bits per heavy atom. The van der Waals surface area contributed by atoms with Gasteiger partial charge in [-0.3, -0.25) is 9.59 Å². The van der Waals surface area contributed by atoms with E-state index in [1.807, 2.05) is 20.8 Å². The Morgan fingerprint density at radius 3 is 2.43 bits per heavy atom. The van der Waals surface area contributed by atoms with E-state index in [-0.39, 0.29) is 17.7 Å². The number of carbonyl (C=O) groups excluding carboxylic acids is 2. The van der Waals surface area contributed by atoms with Crippen molar-refractivity contribution >= 4 is 17.5 Å². The Balaban J connectivity index is 2.85. The first-order chi connectivity index (χ1) is 9.77. The van der Waals surface area contributed by atoms with Crippen LogP contribution >= 0.6 is 0 Å². The molecule has 1 rings (SSSR count). The second-order valence-corrected chi connectivity index (χ2v) is 5.63. The lowest BCUT2D eigenvalue weighted by Gasteiger charge is -2.18. The average molecular weight is 291 g/mol. The molecule has 0 aromatic heterocycles. The van der Waals surface area contributed by atoms with Crippen molar-refractivity contribution in [3.63, 3.8) is 0 Å². The number of hydrogen-bond acceptors (Lipinski definition) is 3. The smallest absolute Gasteiger partial charge is 0.253 e. The van der Waals surface area contributed by atoms with Crippen LogP contribution in [0.4, 0.5) is 5.69 Å². The summed E-state index contributed by atoms with van der Waals surface area (Å²) in [6.45, 7) is 5.80. The zero-order chi connectivity index (χ0) is 16.2. The van der Waals surface area contributed by atoms with Gasteiger partial charge in [-0.2, -0.15) is 0 Å². The highest BCUT2D eigenvalue weighted by Crippen LogP contribution is 2.17. The van der Waals surface area contributed by atoms with Crippen LogP contribution in [0.5, 0.6) is 0 Å². The van der Waals surface area contributed by atoms with Gasteiger partial charge in [0.25, 0.3) is 5.91 Å². The molecule has 0 fully saturated rings. The summed E-state index contributed by atoms with van der Waals surface area (Å²) in [6.07, 6.45) is 0.851. The number of nitrogens with zero attached hydrogens (tertiary/aromatic N) is 1. The molecule has 0 aliphatic rings. The quantitative estimate of drug-likeness (QED) is 0.871. The van der Waals surface area contributed by atoms with Gasteiger partial charge in [-0.1, -0.05) is 20.3 Å². The van der Waals surface area contributed by atoms with E-state index < -0.39 is 6.04 Å². The molecule has 0 radical (unpaired) electrons. The van der Waals surface area contributed by atoms with Crippen LogP contribution in [0.3, 0.4) is 0 Å². The molecule has 1 aromatic carbocycles. The second-order valence-electron chi connectivity index (χ2n) is 5.63. The summed E-state index contributed by atoms with van der Waals surface area (Å²) in [6, 6.07) is 4.71. The first-order valence-corrected chi connectivity index (χ1v) is 7.16. The van der Waals surface area contributed by atoms with E-state index in [2.05, 4.69) is 5.32 Å². The predicted molar refractivity (Wildman–Crippen MR) is 85.3 cm³/mol. The third-order valence-electron chi connectivity index (χ3n) is 3.69. The van der Waals surface area contributed by atoms with Crippen molar-refractivity contribution in [3.05, 3.63) is 29.3 Å². The summed E-state index contributed by atoms with van der Waals surface area (Å²) < 4.78 is 0. The number of benzene rings is 1. The molecule has 3 N–H and O–H groups in total. The predicted octanol–water partition coefficient (Wildman–Crippen LogP) is 2.01. The van der Waals surface area contributed by atoms with Gasteiger partial charge in [-0.15, -0.1) is 0 Å². The van der Waals surface area contributed by atoms with Crippen LogP contribution in [0, 0.1) is 12.8 Å².